The summed E-state index contributed by atoms with van der Waals surface area (Å²) < 4.78 is 21.5. The van der Waals surface area contributed by atoms with Crippen molar-refractivity contribution in [2.75, 3.05) is 21.3 Å². The number of nitrogens with zero attached hydrogens (tertiary/aromatic N) is 1. The van der Waals surface area contributed by atoms with Crippen LogP contribution >= 0.6 is 0 Å². The van der Waals surface area contributed by atoms with Gasteiger partial charge in [-0.05, 0) is 35.0 Å². The summed E-state index contributed by atoms with van der Waals surface area (Å²) in [5.74, 6) is 0.922. The first kappa shape index (κ1) is 17.7. The number of rotatable bonds is 5. The molecule has 2 atom stereocenters. The molecule has 0 aliphatic carbocycles. The molecule has 1 aliphatic rings. The van der Waals surface area contributed by atoms with Gasteiger partial charge in [-0.25, -0.2) is 4.79 Å². The van der Waals surface area contributed by atoms with Gasteiger partial charge in [0.1, 0.15) is 17.5 Å². The molecule has 2 aromatic rings. The maximum atomic E-state index is 12.2. The third kappa shape index (κ3) is 2.75. The van der Waals surface area contributed by atoms with E-state index in [-0.39, 0.29) is 23.3 Å². The largest absolute Gasteiger partial charge is 0.493 e. The molecular weight excluding hydrogens is 338 g/mol. The summed E-state index contributed by atoms with van der Waals surface area (Å²) in [6.07, 6.45) is -0.352. The molecular formula is C19H19NO6. The van der Waals surface area contributed by atoms with Crippen LogP contribution in [0.15, 0.2) is 35.5 Å². The van der Waals surface area contributed by atoms with Crippen LogP contribution < -0.4 is 14.2 Å². The molecule has 26 heavy (non-hydrogen) atoms. The van der Waals surface area contributed by atoms with E-state index in [9.17, 15) is 9.70 Å². The van der Waals surface area contributed by atoms with Crippen molar-refractivity contribution < 1.29 is 23.7 Å². The van der Waals surface area contributed by atoms with Crippen LogP contribution in [0, 0.1) is 4.91 Å². The monoisotopic (exact) mass is 357 g/mol. The maximum absolute atomic E-state index is 12.2. The number of esters is 1. The Morgan fingerprint density at radius 3 is 2.42 bits per heavy atom. The standard InChI is InChI=1S/C19H19NO6/c1-10-16-14(8-6-12(20-22)17(16)19(21)25-4)26-18(10)11-5-7-13(23-2)15(9-11)24-3/h5-10,18H,1-4H3. The van der Waals surface area contributed by atoms with Crippen LogP contribution in [0.1, 0.15) is 40.4 Å². The second kappa shape index (κ2) is 7.03. The van der Waals surface area contributed by atoms with E-state index in [2.05, 4.69) is 5.18 Å². The lowest BCUT2D eigenvalue weighted by Gasteiger charge is -2.18. The van der Waals surface area contributed by atoms with Gasteiger partial charge in [0.15, 0.2) is 11.5 Å². The quantitative estimate of drug-likeness (QED) is 0.591. The van der Waals surface area contributed by atoms with Crippen molar-refractivity contribution in [2.24, 2.45) is 5.18 Å². The average molecular weight is 357 g/mol. The van der Waals surface area contributed by atoms with Crippen molar-refractivity contribution in [3.8, 4) is 17.2 Å². The zero-order valence-electron chi connectivity index (χ0n) is 14.9. The summed E-state index contributed by atoms with van der Waals surface area (Å²) in [5, 5.41) is 2.96. The molecule has 1 aliphatic heterocycles. The van der Waals surface area contributed by atoms with Crippen LogP contribution in [-0.4, -0.2) is 27.3 Å². The topological polar surface area (TPSA) is 83.4 Å². The minimum atomic E-state index is -0.611. The fraction of sp³-hybridized carbons (Fsp3) is 0.316. The molecule has 0 aromatic heterocycles. The summed E-state index contributed by atoms with van der Waals surface area (Å²) >= 11 is 0. The van der Waals surface area contributed by atoms with Gasteiger partial charge in [0, 0.05) is 11.5 Å². The molecule has 136 valence electrons. The van der Waals surface area contributed by atoms with Crippen LogP contribution in [0.2, 0.25) is 0 Å². The Hall–Kier alpha value is -3.09. The smallest absolute Gasteiger partial charge is 0.340 e. The van der Waals surface area contributed by atoms with Gasteiger partial charge < -0.3 is 18.9 Å². The Kier molecular flexibility index (Phi) is 4.79. The Bertz CT molecular complexity index is 863. The van der Waals surface area contributed by atoms with Crippen molar-refractivity contribution in [1.29, 1.82) is 0 Å². The third-order valence-corrected chi connectivity index (χ3v) is 4.57. The zero-order chi connectivity index (χ0) is 18.8. The molecule has 3 rings (SSSR count). The molecule has 0 fully saturated rings. The molecule has 0 amide bonds. The lowest BCUT2D eigenvalue weighted by atomic mass is 9.89. The Balaban J connectivity index is 2.07. The van der Waals surface area contributed by atoms with Gasteiger partial charge in [-0.3, -0.25) is 0 Å². The predicted octanol–water partition coefficient (Wildman–Crippen LogP) is 4.13. The number of methoxy groups -OCH3 is 3. The Morgan fingerprint density at radius 2 is 1.81 bits per heavy atom. The SMILES string of the molecule is COC(=O)c1c(N=O)ccc2c1C(C)C(c1ccc(OC)c(OC)c1)O2. The minimum Gasteiger partial charge on any atom is -0.493 e. The van der Waals surface area contributed by atoms with Crippen LogP contribution in [-0.2, 0) is 4.74 Å². The highest BCUT2D eigenvalue weighted by Crippen LogP contribution is 2.50. The molecule has 0 saturated heterocycles. The molecule has 0 radical (unpaired) electrons. The lowest BCUT2D eigenvalue weighted by Crippen LogP contribution is -2.10. The molecule has 0 bridgehead atoms. The highest BCUT2D eigenvalue weighted by atomic mass is 16.5. The summed E-state index contributed by atoms with van der Waals surface area (Å²) in [6, 6.07) is 8.62. The van der Waals surface area contributed by atoms with E-state index in [4.69, 9.17) is 18.9 Å². The van der Waals surface area contributed by atoms with Crippen molar-refractivity contribution in [1.82, 2.24) is 0 Å². The van der Waals surface area contributed by atoms with E-state index in [0.717, 1.165) is 5.56 Å². The van der Waals surface area contributed by atoms with Crippen LogP contribution in [0.5, 0.6) is 17.2 Å². The van der Waals surface area contributed by atoms with E-state index in [1.165, 1.54) is 13.2 Å². The van der Waals surface area contributed by atoms with Crippen LogP contribution in [0.3, 0.4) is 0 Å². The molecule has 7 heteroatoms. The molecule has 0 N–H and O–H groups in total. The lowest BCUT2D eigenvalue weighted by molar-refractivity contribution is 0.0600. The van der Waals surface area contributed by atoms with Gasteiger partial charge in [-0.1, -0.05) is 13.0 Å². The van der Waals surface area contributed by atoms with Gasteiger partial charge >= 0.3 is 5.97 Å². The van der Waals surface area contributed by atoms with Gasteiger partial charge in [0.2, 0.25) is 0 Å². The van der Waals surface area contributed by atoms with E-state index in [1.807, 2.05) is 19.1 Å². The predicted molar refractivity (Wildman–Crippen MR) is 94.6 cm³/mol. The molecule has 1 heterocycles. The van der Waals surface area contributed by atoms with E-state index in [0.29, 0.717) is 22.8 Å². The van der Waals surface area contributed by atoms with E-state index < -0.39 is 5.97 Å². The van der Waals surface area contributed by atoms with E-state index in [1.54, 1.807) is 26.4 Å². The summed E-state index contributed by atoms with van der Waals surface area (Å²) in [6.45, 7) is 1.92. The number of hydrogen-bond acceptors (Lipinski definition) is 7. The highest BCUT2D eigenvalue weighted by Gasteiger charge is 2.38. The summed E-state index contributed by atoms with van der Waals surface area (Å²) in [5.41, 5.74) is 1.67. The first-order valence-electron chi connectivity index (χ1n) is 8.02. The van der Waals surface area contributed by atoms with Gasteiger partial charge in [0.25, 0.3) is 0 Å². The molecule has 0 saturated carbocycles. The first-order valence-corrected chi connectivity index (χ1v) is 8.02. The number of carbonyl (C=O) groups is 1. The van der Waals surface area contributed by atoms with Crippen LogP contribution in [0.4, 0.5) is 5.69 Å². The average Bonchev–Trinajstić information content (AvgIpc) is 3.02. The van der Waals surface area contributed by atoms with Crippen molar-refractivity contribution in [3.05, 3.63) is 51.9 Å². The number of hydrogen-bond donors (Lipinski definition) is 0. The van der Waals surface area contributed by atoms with Crippen molar-refractivity contribution in [2.45, 2.75) is 18.9 Å². The van der Waals surface area contributed by atoms with Crippen molar-refractivity contribution in [3.63, 3.8) is 0 Å². The minimum absolute atomic E-state index is 0.0408. The second-order valence-electron chi connectivity index (χ2n) is 5.90. The number of benzene rings is 2. The van der Waals surface area contributed by atoms with Crippen molar-refractivity contribution >= 4 is 11.7 Å². The number of ether oxygens (including phenoxy) is 4. The molecule has 7 nitrogen and oxygen atoms in total. The van der Waals surface area contributed by atoms with Crippen LogP contribution in [0.25, 0.3) is 0 Å². The Labute approximate surface area is 150 Å². The fourth-order valence-corrected chi connectivity index (χ4v) is 3.31. The van der Waals surface area contributed by atoms with Gasteiger partial charge in [0.05, 0.1) is 26.9 Å². The molecule has 2 aromatic carbocycles. The Morgan fingerprint density at radius 1 is 1.08 bits per heavy atom. The second-order valence-corrected chi connectivity index (χ2v) is 5.90. The number of nitroso groups, excluding NO2 is 1. The van der Waals surface area contributed by atoms with Gasteiger partial charge in [-0.15, -0.1) is 4.91 Å². The first-order chi connectivity index (χ1) is 12.5. The molecule has 2 unspecified atom stereocenters. The highest BCUT2D eigenvalue weighted by molar-refractivity contribution is 5.97. The number of fused-ring (bicyclic) bond motifs is 1. The van der Waals surface area contributed by atoms with E-state index >= 15 is 0 Å². The maximum Gasteiger partial charge on any atom is 0.340 e. The summed E-state index contributed by atoms with van der Waals surface area (Å²) in [7, 11) is 4.40. The zero-order valence-corrected chi connectivity index (χ0v) is 14.9. The fourth-order valence-electron chi connectivity index (χ4n) is 3.31. The van der Waals surface area contributed by atoms with Gasteiger partial charge in [-0.2, -0.15) is 0 Å². The number of carbonyl (C=O) groups excluding carboxylic acids is 1. The normalized spacial score (nSPS) is 17.8. The molecule has 0 spiro atoms. The summed E-state index contributed by atoms with van der Waals surface area (Å²) in [4.78, 5) is 23.3. The third-order valence-electron chi connectivity index (χ3n) is 4.57.